The van der Waals surface area contributed by atoms with E-state index < -0.39 is 0 Å². The number of hydrogen-bond donors (Lipinski definition) is 2. The van der Waals surface area contributed by atoms with Gasteiger partial charge in [0.2, 0.25) is 5.96 Å². The summed E-state index contributed by atoms with van der Waals surface area (Å²) in [7, 11) is 1.98. The second-order valence-electron chi connectivity index (χ2n) is 3.82. The fourth-order valence-corrected chi connectivity index (χ4v) is 2.60. The van der Waals surface area contributed by atoms with E-state index in [0.717, 1.165) is 35.7 Å². The molecule has 0 aliphatic rings. The van der Waals surface area contributed by atoms with Gasteiger partial charge in [0.25, 0.3) is 0 Å². The van der Waals surface area contributed by atoms with Gasteiger partial charge in [0.15, 0.2) is 0 Å². The van der Waals surface area contributed by atoms with Crippen molar-refractivity contribution >= 4 is 33.2 Å². The molecule has 1 heterocycles. The van der Waals surface area contributed by atoms with E-state index in [2.05, 4.69) is 44.7 Å². The van der Waals surface area contributed by atoms with Crippen LogP contribution in [0.5, 0.6) is 0 Å². The molecule has 0 unspecified atom stereocenters. The standard InChI is InChI=1S/C11H19BrN4S/c1-3-4-5-14-11(15-13)16(2)7-9-6-10(12)17-8-9/h6,8H,3-5,7,13H2,1-2H3,(H,14,15). The highest BCUT2D eigenvalue weighted by Gasteiger charge is 2.06. The SMILES string of the molecule is CCCCN=C(NN)N(C)Cc1csc(Br)c1. The van der Waals surface area contributed by atoms with E-state index in [9.17, 15) is 0 Å². The first kappa shape index (κ1) is 14.5. The van der Waals surface area contributed by atoms with Crippen molar-refractivity contribution in [2.24, 2.45) is 10.8 Å². The highest BCUT2D eigenvalue weighted by Crippen LogP contribution is 2.21. The van der Waals surface area contributed by atoms with Gasteiger partial charge in [0.05, 0.1) is 3.79 Å². The first-order valence-corrected chi connectivity index (χ1v) is 7.29. The summed E-state index contributed by atoms with van der Waals surface area (Å²) in [6.45, 7) is 3.77. The van der Waals surface area contributed by atoms with Crippen molar-refractivity contribution in [3.8, 4) is 0 Å². The number of guanidine groups is 1. The van der Waals surface area contributed by atoms with E-state index >= 15 is 0 Å². The fraction of sp³-hybridized carbons (Fsp3) is 0.545. The van der Waals surface area contributed by atoms with E-state index in [1.165, 1.54) is 5.56 Å². The summed E-state index contributed by atoms with van der Waals surface area (Å²) in [5, 5.41) is 2.13. The molecule has 0 aliphatic heterocycles. The van der Waals surface area contributed by atoms with Crippen molar-refractivity contribution in [2.45, 2.75) is 26.3 Å². The van der Waals surface area contributed by atoms with Gasteiger partial charge in [-0.2, -0.15) is 0 Å². The third-order valence-electron chi connectivity index (χ3n) is 2.31. The van der Waals surface area contributed by atoms with Crippen LogP contribution in [0.2, 0.25) is 0 Å². The summed E-state index contributed by atoms with van der Waals surface area (Å²) in [4.78, 5) is 6.45. The van der Waals surface area contributed by atoms with Crippen molar-refractivity contribution in [3.05, 3.63) is 20.8 Å². The van der Waals surface area contributed by atoms with E-state index in [1.807, 2.05) is 11.9 Å². The van der Waals surface area contributed by atoms with Gasteiger partial charge in [-0.25, -0.2) is 5.84 Å². The molecule has 3 N–H and O–H groups in total. The molecule has 17 heavy (non-hydrogen) atoms. The minimum Gasteiger partial charge on any atom is -0.341 e. The average Bonchev–Trinajstić information content (AvgIpc) is 2.70. The zero-order chi connectivity index (χ0) is 12.7. The third-order valence-corrected chi connectivity index (χ3v) is 3.86. The molecule has 0 amide bonds. The largest absolute Gasteiger partial charge is 0.341 e. The number of nitrogens with one attached hydrogen (secondary N) is 1. The van der Waals surface area contributed by atoms with Gasteiger partial charge < -0.3 is 4.90 Å². The molecule has 0 aliphatic carbocycles. The Bertz CT molecular complexity index is 364. The highest BCUT2D eigenvalue weighted by atomic mass is 79.9. The van der Waals surface area contributed by atoms with E-state index in [1.54, 1.807) is 11.3 Å². The molecule has 1 aromatic heterocycles. The molecule has 0 bridgehead atoms. The Morgan fingerprint density at radius 2 is 2.41 bits per heavy atom. The number of aliphatic imine (C=N–C) groups is 1. The van der Waals surface area contributed by atoms with Crippen LogP contribution >= 0.6 is 27.3 Å². The smallest absolute Gasteiger partial charge is 0.208 e. The lowest BCUT2D eigenvalue weighted by Crippen LogP contribution is -2.42. The van der Waals surface area contributed by atoms with Crippen LogP contribution in [0.15, 0.2) is 20.2 Å². The van der Waals surface area contributed by atoms with E-state index in [4.69, 9.17) is 5.84 Å². The lowest BCUT2D eigenvalue weighted by Gasteiger charge is -2.20. The summed E-state index contributed by atoms with van der Waals surface area (Å²) < 4.78 is 1.14. The quantitative estimate of drug-likeness (QED) is 0.288. The molecule has 0 saturated heterocycles. The number of hydrazine groups is 1. The monoisotopic (exact) mass is 318 g/mol. The number of unbranched alkanes of at least 4 members (excludes halogenated alkanes) is 1. The molecule has 1 aromatic rings. The molecule has 0 aromatic carbocycles. The molecule has 0 atom stereocenters. The minimum absolute atomic E-state index is 0.737. The number of nitrogens with two attached hydrogens (primary N) is 1. The maximum absolute atomic E-state index is 5.49. The molecular formula is C11H19BrN4S. The second kappa shape index (κ2) is 7.68. The van der Waals surface area contributed by atoms with Gasteiger partial charge in [0, 0.05) is 20.1 Å². The first-order valence-electron chi connectivity index (χ1n) is 5.62. The number of thiophene rings is 1. The van der Waals surface area contributed by atoms with Crippen LogP contribution < -0.4 is 11.3 Å². The average molecular weight is 319 g/mol. The molecule has 0 saturated carbocycles. The number of nitrogens with zero attached hydrogens (tertiary/aromatic N) is 2. The minimum atomic E-state index is 0.737. The van der Waals surface area contributed by atoms with Crippen LogP contribution in [0.1, 0.15) is 25.3 Å². The lowest BCUT2D eigenvalue weighted by molar-refractivity contribution is 0.477. The second-order valence-corrected chi connectivity index (χ2v) is 6.11. The van der Waals surface area contributed by atoms with Crippen molar-refractivity contribution in [1.82, 2.24) is 10.3 Å². The van der Waals surface area contributed by atoms with Crippen molar-refractivity contribution < 1.29 is 0 Å². The summed E-state index contributed by atoms with van der Waals surface area (Å²) in [5.41, 5.74) is 3.91. The van der Waals surface area contributed by atoms with Crippen molar-refractivity contribution in [1.29, 1.82) is 0 Å². The van der Waals surface area contributed by atoms with Gasteiger partial charge in [0.1, 0.15) is 0 Å². The molecule has 4 nitrogen and oxygen atoms in total. The summed E-state index contributed by atoms with van der Waals surface area (Å²) in [6, 6.07) is 2.11. The Balaban J connectivity index is 2.54. The van der Waals surface area contributed by atoms with Crippen LogP contribution in [0.25, 0.3) is 0 Å². The third kappa shape index (κ3) is 5.06. The maximum Gasteiger partial charge on any atom is 0.208 e. The molecular weight excluding hydrogens is 300 g/mol. The Morgan fingerprint density at radius 1 is 1.65 bits per heavy atom. The summed E-state index contributed by atoms with van der Waals surface area (Å²) in [5.74, 6) is 6.22. The summed E-state index contributed by atoms with van der Waals surface area (Å²) in [6.07, 6.45) is 2.23. The Morgan fingerprint density at radius 3 is 2.94 bits per heavy atom. The van der Waals surface area contributed by atoms with Gasteiger partial charge in [-0.1, -0.05) is 13.3 Å². The molecule has 0 radical (unpaired) electrons. The first-order chi connectivity index (χ1) is 8.17. The van der Waals surface area contributed by atoms with Crippen molar-refractivity contribution in [2.75, 3.05) is 13.6 Å². The molecule has 0 spiro atoms. The Kier molecular flexibility index (Phi) is 6.54. The maximum atomic E-state index is 5.49. The van der Waals surface area contributed by atoms with Crippen LogP contribution in [-0.2, 0) is 6.54 Å². The van der Waals surface area contributed by atoms with E-state index in [-0.39, 0.29) is 0 Å². The number of rotatable bonds is 5. The Hall–Kier alpha value is -0.590. The zero-order valence-electron chi connectivity index (χ0n) is 10.2. The predicted molar refractivity (Wildman–Crippen MR) is 78.0 cm³/mol. The van der Waals surface area contributed by atoms with Crippen LogP contribution in [0.3, 0.4) is 0 Å². The van der Waals surface area contributed by atoms with Crippen LogP contribution in [-0.4, -0.2) is 24.5 Å². The fourth-order valence-electron chi connectivity index (χ4n) is 1.40. The van der Waals surface area contributed by atoms with Gasteiger partial charge in [-0.05, 0) is 39.4 Å². The molecule has 96 valence electrons. The normalized spacial score (nSPS) is 11.6. The number of halogens is 1. The van der Waals surface area contributed by atoms with E-state index in [0.29, 0.717) is 0 Å². The Labute approximate surface area is 115 Å². The lowest BCUT2D eigenvalue weighted by atomic mass is 10.3. The van der Waals surface area contributed by atoms with Crippen LogP contribution in [0.4, 0.5) is 0 Å². The summed E-state index contributed by atoms with van der Waals surface area (Å²) >= 11 is 5.14. The number of hydrogen-bond acceptors (Lipinski definition) is 3. The van der Waals surface area contributed by atoms with Gasteiger partial charge >= 0.3 is 0 Å². The van der Waals surface area contributed by atoms with Gasteiger partial charge in [-0.15, -0.1) is 11.3 Å². The van der Waals surface area contributed by atoms with Crippen LogP contribution in [0, 0.1) is 0 Å². The predicted octanol–water partition coefficient (Wildman–Crippen LogP) is 2.56. The van der Waals surface area contributed by atoms with Gasteiger partial charge in [-0.3, -0.25) is 10.4 Å². The highest BCUT2D eigenvalue weighted by molar-refractivity contribution is 9.11. The molecule has 1 rings (SSSR count). The molecule has 6 heteroatoms. The topological polar surface area (TPSA) is 53.6 Å². The molecule has 0 fully saturated rings. The van der Waals surface area contributed by atoms with Crippen molar-refractivity contribution in [3.63, 3.8) is 0 Å². The zero-order valence-corrected chi connectivity index (χ0v) is 12.6.